The third-order valence-electron chi connectivity index (χ3n) is 3.80. The lowest BCUT2D eigenvalue weighted by Gasteiger charge is -2.12. The standard InChI is InChI=1S/C20H19N3O3/c1-14-7-6-10-19(21-14)22-20(25)16-11-17(24)18(12-23(16)2)26-13-15-8-4-3-5-9-15/h3-12H,13H2,1-2H3,(H,21,22,25). The van der Waals surface area contributed by atoms with Crippen molar-refractivity contribution in [1.82, 2.24) is 9.55 Å². The van der Waals surface area contributed by atoms with Crippen LogP contribution in [0.25, 0.3) is 0 Å². The average Bonchev–Trinajstić information content (AvgIpc) is 2.63. The fraction of sp³-hybridized carbons (Fsp3) is 0.150. The average molecular weight is 349 g/mol. The third kappa shape index (κ3) is 4.16. The summed E-state index contributed by atoms with van der Waals surface area (Å²) >= 11 is 0. The first-order chi connectivity index (χ1) is 12.5. The van der Waals surface area contributed by atoms with E-state index in [1.165, 1.54) is 12.3 Å². The predicted molar refractivity (Wildman–Crippen MR) is 99.4 cm³/mol. The Labute approximate surface area is 151 Å². The van der Waals surface area contributed by atoms with Crippen LogP contribution in [-0.2, 0) is 13.7 Å². The molecule has 26 heavy (non-hydrogen) atoms. The molecule has 1 aromatic carbocycles. The Bertz CT molecular complexity index is 981. The van der Waals surface area contributed by atoms with Crippen molar-refractivity contribution in [2.75, 3.05) is 5.32 Å². The molecule has 3 rings (SSSR count). The number of hydrogen-bond donors (Lipinski definition) is 1. The van der Waals surface area contributed by atoms with Crippen molar-refractivity contribution in [2.24, 2.45) is 7.05 Å². The fourth-order valence-corrected chi connectivity index (χ4v) is 2.47. The number of rotatable bonds is 5. The number of nitrogens with one attached hydrogen (secondary N) is 1. The Kier molecular flexibility index (Phi) is 5.12. The molecule has 0 aliphatic carbocycles. The smallest absolute Gasteiger partial charge is 0.273 e. The summed E-state index contributed by atoms with van der Waals surface area (Å²) in [5.41, 5.74) is 1.63. The van der Waals surface area contributed by atoms with Crippen molar-refractivity contribution in [3.8, 4) is 5.75 Å². The van der Waals surface area contributed by atoms with Gasteiger partial charge in [0.1, 0.15) is 18.1 Å². The number of nitrogens with zero attached hydrogens (tertiary/aromatic N) is 2. The zero-order valence-electron chi connectivity index (χ0n) is 14.6. The van der Waals surface area contributed by atoms with Crippen LogP contribution in [-0.4, -0.2) is 15.5 Å². The molecule has 2 heterocycles. The first kappa shape index (κ1) is 17.4. The van der Waals surface area contributed by atoms with E-state index in [9.17, 15) is 9.59 Å². The molecule has 3 aromatic rings. The van der Waals surface area contributed by atoms with Crippen LogP contribution in [0.2, 0.25) is 0 Å². The van der Waals surface area contributed by atoms with Gasteiger partial charge in [-0.05, 0) is 24.6 Å². The van der Waals surface area contributed by atoms with Gasteiger partial charge >= 0.3 is 0 Å². The van der Waals surface area contributed by atoms with E-state index in [-0.39, 0.29) is 23.5 Å². The van der Waals surface area contributed by atoms with Crippen molar-refractivity contribution in [1.29, 1.82) is 0 Å². The maximum absolute atomic E-state index is 12.4. The number of aryl methyl sites for hydroxylation is 2. The Morgan fingerprint density at radius 1 is 1.15 bits per heavy atom. The summed E-state index contributed by atoms with van der Waals surface area (Å²) in [4.78, 5) is 29.0. The van der Waals surface area contributed by atoms with E-state index in [1.54, 1.807) is 23.7 Å². The number of ether oxygens (including phenoxy) is 1. The molecule has 0 radical (unpaired) electrons. The van der Waals surface area contributed by atoms with Crippen LogP contribution in [0, 0.1) is 6.92 Å². The number of amides is 1. The Morgan fingerprint density at radius 3 is 2.65 bits per heavy atom. The SMILES string of the molecule is Cc1cccc(NC(=O)c2cc(=O)c(OCc3ccccc3)cn2C)n1. The van der Waals surface area contributed by atoms with Gasteiger partial charge in [-0.15, -0.1) is 0 Å². The number of hydrogen-bond acceptors (Lipinski definition) is 4. The molecule has 0 fully saturated rings. The zero-order chi connectivity index (χ0) is 18.5. The van der Waals surface area contributed by atoms with Crippen LogP contribution in [0.1, 0.15) is 21.7 Å². The van der Waals surface area contributed by atoms with Crippen LogP contribution in [0.15, 0.2) is 65.6 Å². The second-order valence-electron chi connectivity index (χ2n) is 5.89. The Morgan fingerprint density at radius 2 is 1.92 bits per heavy atom. The Balaban J connectivity index is 1.76. The van der Waals surface area contributed by atoms with E-state index in [1.807, 2.05) is 43.3 Å². The largest absolute Gasteiger partial charge is 0.483 e. The van der Waals surface area contributed by atoms with Crippen LogP contribution in [0.3, 0.4) is 0 Å². The highest BCUT2D eigenvalue weighted by atomic mass is 16.5. The van der Waals surface area contributed by atoms with Gasteiger partial charge in [0.05, 0.1) is 6.20 Å². The predicted octanol–water partition coefficient (Wildman–Crippen LogP) is 2.92. The number of anilines is 1. The summed E-state index contributed by atoms with van der Waals surface area (Å²) in [5, 5.41) is 2.69. The molecule has 1 N–H and O–H groups in total. The summed E-state index contributed by atoms with van der Waals surface area (Å²) in [6.07, 6.45) is 1.52. The maximum atomic E-state index is 12.4. The van der Waals surface area contributed by atoms with Crippen molar-refractivity contribution in [2.45, 2.75) is 13.5 Å². The molecule has 0 aliphatic heterocycles. The highest BCUT2D eigenvalue weighted by molar-refractivity contribution is 6.02. The van der Waals surface area contributed by atoms with E-state index < -0.39 is 5.91 Å². The van der Waals surface area contributed by atoms with E-state index in [0.29, 0.717) is 5.82 Å². The summed E-state index contributed by atoms with van der Waals surface area (Å²) in [6, 6.07) is 16.2. The van der Waals surface area contributed by atoms with Crippen molar-refractivity contribution >= 4 is 11.7 Å². The van der Waals surface area contributed by atoms with Gasteiger partial charge in [0.25, 0.3) is 5.91 Å². The minimum atomic E-state index is -0.405. The first-order valence-corrected chi connectivity index (χ1v) is 8.15. The molecular formula is C20H19N3O3. The number of carbonyl (C=O) groups excluding carboxylic acids is 1. The van der Waals surface area contributed by atoms with Crippen molar-refractivity contribution < 1.29 is 9.53 Å². The first-order valence-electron chi connectivity index (χ1n) is 8.15. The fourth-order valence-electron chi connectivity index (χ4n) is 2.47. The number of benzene rings is 1. The lowest BCUT2D eigenvalue weighted by Crippen LogP contribution is -2.22. The topological polar surface area (TPSA) is 73.2 Å². The molecule has 1 amide bonds. The van der Waals surface area contributed by atoms with Gasteiger partial charge in [0, 0.05) is 18.8 Å². The number of carbonyl (C=O) groups is 1. The molecule has 0 saturated heterocycles. The monoisotopic (exact) mass is 349 g/mol. The third-order valence-corrected chi connectivity index (χ3v) is 3.80. The zero-order valence-corrected chi connectivity index (χ0v) is 14.6. The van der Waals surface area contributed by atoms with Gasteiger partial charge in [-0.25, -0.2) is 4.98 Å². The molecule has 132 valence electrons. The summed E-state index contributed by atoms with van der Waals surface area (Å²) < 4.78 is 7.16. The molecule has 0 aliphatic rings. The van der Waals surface area contributed by atoms with Gasteiger partial charge in [-0.1, -0.05) is 36.4 Å². The van der Waals surface area contributed by atoms with Crippen molar-refractivity contribution in [3.05, 3.63) is 88.0 Å². The van der Waals surface area contributed by atoms with E-state index >= 15 is 0 Å². The molecule has 0 saturated carbocycles. The molecule has 6 heteroatoms. The highest BCUT2D eigenvalue weighted by Gasteiger charge is 2.13. The van der Waals surface area contributed by atoms with Gasteiger partial charge in [0.2, 0.25) is 5.43 Å². The molecular weight excluding hydrogens is 330 g/mol. The quantitative estimate of drug-likeness (QED) is 0.769. The van der Waals surface area contributed by atoms with Crippen LogP contribution in [0.4, 0.5) is 5.82 Å². The minimum absolute atomic E-state index is 0.196. The highest BCUT2D eigenvalue weighted by Crippen LogP contribution is 2.11. The maximum Gasteiger partial charge on any atom is 0.273 e. The van der Waals surface area contributed by atoms with E-state index in [2.05, 4.69) is 10.3 Å². The minimum Gasteiger partial charge on any atom is -0.483 e. The van der Waals surface area contributed by atoms with Gasteiger partial charge < -0.3 is 14.6 Å². The summed E-state index contributed by atoms with van der Waals surface area (Å²) in [6.45, 7) is 2.12. The normalized spacial score (nSPS) is 10.4. The van der Waals surface area contributed by atoms with Crippen LogP contribution in [0.5, 0.6) is 5.75 Å². The summed E-state index contributed by atoms with van der Waals surface area (Å²) in [5.74, 6) is 0.228. The number of aromatic nitrogens is 2. The lowest BCUT2D eigenvalue weighted by molar-refractivity contribution is 0.101. The Hall–Kier alpha value is -3.41. The lowest BCUT2D eigenvalue weighted by atomic mass is 10.2. The summed E-state index contributed by atoms with van der Waals surface area (Å²) in [7, 11) is 1.69. The molecule has 0 spiro atoms. The second-order valence-corrected chi connectivity index (χ2v) is 5.89. The van der Waals surface area contributed by atoms with Crippen molar-refractivity contribution in [3.63, 3.8) is 0 Å². The van der Waals surface area contributed by atoms with E-state index in [0.717, 1.165) is 11.3 Å². The van der Waals surface area contributed by atoms with Crippen LogP contribution >= 0.6 is 0 Å². The molecule has 0 unspecified atom stereocenters. The molecule has 0 atom stereocenters. The van der Waals surface area contributed by atoms with Gasteiger partial charge in [0.15, 0.2) is 5.75 Å². The van der Waals surface area contributed by atoms with Crippen LogP contribution < -0.4 is 15.5 Å². The molecule has 6 nitrogen and oxygen atoms in total. The van der Waals surface area contributed by atoms with Gasteiger partial charge in [-0.2, -0.15) is 0 Å². The second kappa shape index (κ2) is 7.65. The van der Waals surface area contributed by atoms with E-state index in [4.69, 9.17) is 4.74 Å². The number of pyridine rings is 2. The molecule has 2 aromatic heterocycles. The molecule has 0 bridgehead atoms. The van der Waals surface area contributed by atoms with Gasteiger partial charge in [-0.3, -0.25) is 9.59 Å².